The number of carbonyl (C=O) groups excluding carboxylic acids is 1. The molecule has 0 aliphatic rings. The molecule has 0 saturated heterocycles. The number of hydrogen-bond donors (Lipinski definition) is 2. The van der Waals surface area contributed by atoms with Crippen molar-refractivity contribution < 1.29 is 19.4 Å². The first-order valence-corrected chi connectivity index (χ1v) is 7.99. The monoisotopic (exact) mass is 311 g/mol. The Morgan fingerprint density at radius 3 is 2.14 bits per heavy atom. The number of unbranched alkanes of at least 4 members (excludes halogenated alkanes) is 6. The molecule has 0 rings (SSSR count). The third kappa shape index (κ3) is 12.0. The van der Waals surface area contributed by atoms with Crippen LogP contribution in [0.5, 0.6) is 0 Å². The highest BCUT2D eigenvalue weighted by Gasteiger charge is 2.19. The molecule has 0 aliphatic carbocycles. The average Bonchev–Trinajstić information content (AvgIpc) is 2.49. The fourth-order valence-electron chi connectivity index (χ4n) is 1.99. The Morgan fingerprint density at radius 2 is 1.59 bits per heavy atom. The lowest BCUT2D eigenvalue weighted by molar-refractivity contribution is -0.139. The molecular formula is C17H29NO4. The molecule has 2 N–H and O–H groups in total. The van der Waals surface area contributed by atoms with Crippen LogP contribution in [0.15, 0.2) is 25.3 Å². The van der Waals surface area contributed by atoms with Gasteiger partial charge in [0.15, 0.2) is 0 Å². The van der Waals surface area contributed by atoms with Crippen molar-refractivity contribution in [3.63, 3.8) is 0 Å². The highest BCUT2D eigenvalue weighted by atomic mass is 16.5. The molecule has 0 saturated carbocycles. The van der Waals surface area contributed by atoms with Gasteiger partial charge in [0.2, 0.25) is 0 Å². The number of allylic oxidation sites excluding steroid dienone is 2. The van der Waals surface area contributed by atoms with Crippen LogP contribution < -0.4 is 5.32 Å². The van der Waals surface area contributed by atoms with E-state index in [9.17, 15) is 9.59 Å². The lowest BCUT2D eigenvalue weighted by atomic mass is 10.1. The van der Waals surface area contributed by atoms with Crippen molar-refractivity contribution >= 4 is 12.1 Å². The van der Waals surface area contributed by atoms with Crippen LogP contribution in [0.1, 0.15) is 57.8 Å². The standard InChI is InChI=1S/C17H29NO4/c1-3-5-7-9-11-13-15(16(19)20)18-17(21)22-14-12-10-8-6-4-2/h3-4,15H,1-2,5-14H2,(H,18,21)(H,19,20)/t15-/m0/s1. The number of amides is 1. The number of carboxylic acid groups (broad SMARTS) is 1. The largest absolute Gasteiger partial charge is 0.480 e. The molecule has 0 bridgehead atoms. The summed E-state index contributed by atoms with van der Waals surface area (Å²) < 4.78 is 5.00. The Hall–Kier alpha value is -1.78. The van der Waals surface area contributed by atoms with Crippen molar-refractivity contribution in [1.82, 2.24) is 5.32 Å². The Kier molecular flexibility index (Phi) is 13.0. The molecule has 126 valence electrons. The molecule has 0 aromatic rings. The summed E-state index contributed by atoms with van der Waals surface area (Å²) in [5.41, 5.74) is 0. The molecule has 5 nitrogen and oxygen atoms in total. The summed E-state index contributed by atoms with van der Waals surface area (Å²) in [7, 11) is 0. The van der Waals surface area contributed by atoms with Gasteiger partial charge in [0.05, 0.1) is 6.61 Å². The summed E-state index contributed by atoms with van der Waals surface area (Å²) >= 11 is 0. The van der Waals surface area contributed by atoms with Crippen LogP contribution in [0, 0.1) is 0 Å². The maximum absolute atomic E-state index is 11.6. The molecule has 0 radical (unpaired) electrons. The molecule has 0 aromatic heterocycles. The molecule has 5 heteroatoms. The Labute approximate surface area is 133 Å². The van der Waals surface area contributed by atoms with Gasteiger partial charge in [0.25, 0.3) is 0 Å². The van der Waals surface area contributed by atoms with Gasteiger partial charge in [0, 0.05) is 0 Å². The van der Waals surface area contributed by atoms with E-state index in [0.29, 0.717) is 13.0 Å². The SMILES string of the molecule is C=CCCCCCOC(=O)N[C@@H](CCCCCC=C)C(=O)O. The first-order chi connectivity index (χ1) is 10.6. The molecule has 0 heterocycles. The van der Waals surface area contributed by atoms with Crippen molar-refractivity contribution in [2.45, 2.75) is 63.8 Å². The van der Waals surface area contributed by atoms with E-state index in [1.54, 1.807) is 0 Å². The number of rotatable bonds is 14. The third-order valence-corrected chi connectivity index (χ3v) is 3.28. The second-order valence-electron chi connectivity index (χ2n) is 5.24. The van der Waals surface area contributed by atoms with Crippen LogP contribution in [0.4, 0.5) is 4.79 Å². The van der Waals surface area contributed by atoms with E-state index in [-0.39, 0.29) is 0 Å². The molecule has 0 fully saturated rings. The number of carboxylic acids is 1. The summed E-state index contributed by atoms with van der Waals surface area (Å²) in [6.45, 7) is 7.60. The van der Waals surface area contributed by atoms with Gasteiger partial charge >= 0.3 is 12.1 Å². The van der Waals surface area contributed by atoms with E-state index in [1.807, 2.05) is 12.2 Å². The van der Waals surface area contributed by atoms with E-state index in [0.717, 1.165) is 51.4 Å². The van der Waals surface area contributed by atoms with E-state index < -0.39 is 18.1 Å². The van der Waals surface area contributed by atoms with Crippen molar-refractivity contribution in [3.05, 3.63) is 25.3 Å². The van der Waals surface area contributed by atoms with E-state index in [4.69, 9.17) is 9.84 Å². The zero-order valence-corrected chi connectivity index (χ0v) is 13.4. The maximum atomic E-state index is 11.6. The molecule has 1 atom stereocenters. The van der Waals surface area contributed by atoms with Crippen LogP contribution in [0.2, 0.25) is 0 Å². The summed E-state index contributed by atoms with van der Waals surface area (Å²) in [5.74, 6) is -1.02. The van der Waals surface area contributed by atoms with Crippen LogP contribution in [0.3, 0.4) is 0 Å². The molecule has 0 aromatic carbocycles. The summed E-state index contributed by atoms with van der Waals surface area (Å²) in [4.78, 5) is 22.7. The van der Waals surface area contributed by atoms with Gasteiger partial charge in [-0.25, -0.2) is 9.59 Å². The zero-order chi connectivity index (χ0) is 16.6. The van der Waals surface area contributed by atoms with Crippen LogP contribution in [-0.2, 0) is 9.53 Å². The van der Waals surface area contributed by atoms with Gasteiger partial charge in [-0.05, 0) is 44.9 Å². The van der Waals surface area contributed by atoms with Crippen LogP contribution in [-0.4, -0.2) is 29.8 Å². The number of alkyl carbamates (subject to hydrolysis) is 1. The predicted molar refractivity (Wildman–Crippen MR) is 87.9 cm³/mol. The highest BCUT2D eigenvalue weighted by molar-refractivity contribution is 5.79. The smallest absolute Gasteiger partial charge is 0.407 e. The van der Waals surface area contributed by atoms with E-state index in [1.165, 1.54) is 0 Å². The number of aliphatic carboxylic acids is 1. The molecule has 1 amide bonds. The summed E-state index contributed by atoms with van der Waals surface area (Å²) in [5, 5.41) is 11.5. The highest BCUT2D eigenvalue weighted by Crippen LogP contribution is 2.07. The predicted octanol–water partition coefficient (Wildman–Crippen LogP) is 4.05. The van der Waals surface area contributed by atoms with Gasteiger partial charge in [-0.2, -0.15) is 0 Å². The quantitative estimate of drug-likeness (QED) is 0.375. The molecule has 0 aliphatic heterocycles. The lowest BCUT2D eigenvalue weighted by Gasteiger charge is -2.14. The Balaban J connectivity index is 3.81. The van der Waals surface area contributed by atoms with Crippen molar-refractivity contribution in [2.75, 3.05) is 6.61 Å². The van der Waals surface area contributed by atoms with Crippen LogP contribution >= 0.6 is 0 Å². The van der Waals surface area contributed by atoms with E-state index in [2.05, 4.69) is 18.5 Å². The van der Waals surface area contributed by atoms with Gasteiger partial charge in [-0.3, -0.25) is 0 Å². The lowest BCUT2D eigenvalue weighted by Crippen LogP contribution is -2.41. The summed E-state index contributed by atoms with van der Waals surface area (Å²) in [6, 6.07) is -0.878. The third-order valence-electron chi connectivity index (χ3n) is 3.28. The summed E-state index contributed by atoms with van der Waals surface area (Å²) in [6.07, 6.45) is 10.8. The minimum absolute atomic E-state index is 0.314. The first kappa shape index (κ1) is 20.2. The van der Waals surface area contributed by atoms with Crippen molar-refractivity contribution in [3.8, 4) is 0 Å². The average molecular weight is 311 g/mol. The fourth-order valence-corrected chi connectivity index (χ4v) is 1.99. The Morgan fingerprint density at radius 1 is 1.00 bits per heavy atom. The number of ether oxygens (including phenoxy) is 1. The minimum Gasteiger partial charge on any atom is -0.480 e. The van der Waals surface area contributed by atoms with E-state index >= 15 is 0 Å². The van der Waals surface area contributed by atoms with Gasteiger partial charge in [-0.1, -0.05) is 25.0 Å². The topological polar surface area (TPSA) is 75.6 Å². The van der Waals surface area contributed by atoms with Gasteiger partial charge < -0.3 is 15.2 Å². The van der Waals surface area contributed by atoms with Crippen LogP contribution in [0.25, 0.3) is 0 Å². The van der Waals surface area contributed by atoms with Crippen molar-refractivity contribution in [1.29, 1.82) is 0 Å². The maximum Gasteiger partial charge on any atom is 0.407 e. The minimum atomic E-state index is -1.02. The number of nitrogens with one attached hydrogen (secondary N) is 1. The normalized spacial score (nSPS) is 11.5. The van der Waals surface area contributed by atoms with Gasteiger partial charge in [0.1, 0.15) is 6.04 Å². The van der Waals surface area contributed by atoms with Gasteiger partial charge in [-0.15, -0.1) is 13.2 Å². The second-order valence-corrected chi connectivity index (χ2v) is 5.24. The second kappa shape index (κ2) is 14.2. The number of carbonyl (C=O) groups is 2. The molecule has 0 spiro atoms. The molecular weight excluding hydrogens is 282 g/mol. The Bertz CT molecular complexity index is 342. The molecule has 0 unspecified atom stereocenters. The number of hydrogen-bond acceptors (Lipinski definition) is 3. The zero-order valence-electron chi connectivity index (χ0n) is 13.4. The van der Waals surface area contributed by atoms with Crippen molar-refractivity contribution in [2.24, 2.45) is 0 Å². The first-order valence-electron chi connectivity index (χ1n) is 7.99. The molecule has 22 heavy (non-hydrogen) atoms. The fraction of sp³-hybridized carbons (Fsp3) is 0.647.